The van der Waals surface area contributed by atoms with E-state index >= 15 is 0 Å². The number of nitrogens with two attached hydrogens (primary N) is 1. The molecule has 2 nitrogen and oxygen atoms in total. The van der Waals surface area contributed by atoms with Crippen LogP contribution in [0.4, 0.5) is 0 Å². The van der Waals surface area contributed by atoms with E-state index in [0.29, 0.717) is 16.6 Å². The lowest BCUT2D eigenvalue weighted by Gasteiger charge is -2.22. The number of ether oxygens (including phenoxy) is 1. The quantitative estimate of drug-likeness (QED) is 0.905. The zero-order valence-corrected chi connectivity index (χ0v) is 10.5. The summed E-state index contributed by atoms with van der Waals surface area (Å²) in [6.07, 6.45) is 2.36. The minimum atomic E-state index is 0.173. The van der Waals surface area contributed by atoms with E-state index in [4.69, 9.17) is 33.7 Å². The second-order valence-corrected chi connectivity index (χ2v) is 4.90. The molecule has 0 aromatic heterocycles. The molecule has 0 radical (unpaired) electrons. The molecule has 1 aliphatic heterocycles. The molecule has 1 aliphatic rings. The third-order valence-corrected chi connectivity index (χ3v) is 3.59. The van der Waals surface area contributed by atoms with Crippen molar-refractivity contribution in [2.75, 3.05) is 13.2 Å². The number of hydrogen-bond donors (Lipinski definition) is 1. The summed E-state index contributed by atoms with van der Waals surface area (Å²) in [6, 6.07) is 5.56. The van der Waals surface area contributed by atoms with Crippen molar-refractivity contribution < 1.29 is 4.74 Å². The van der Waals surface area contributed by atoms with Gasteiger partial charge in [0, 0.05) is 29.1 Å². The van der Waals surface area contributed by atoms with Crippen molar-refractivity contribution in [2.45, 2.75) is 24.9 Å². The van der Waals surface area contributed by atoms with Gasteiger partial charge in [-0.1, -0.05) is 29.3 Å². The molecule has 1 heterocycles. The molecule has 4 heteroatoms. The average Bonchev–Trinajstić information content (AvgIpc) is 2.75. The van der Waals surface area contributed by atoms with Crippen LogP contribution in [0.3, 0.4) is 0 Å². The van der Waals surface area contributed by atoms with Gasteiger partial charge in [0.1, 0.15) is 0 Å². The SMILES string of the molecule is NCC(c1ccc(Cl)cc1Cl)C1CCCO1. The van der Waals surface area contributed by atoms with Gasteiger partial charge in [0.05, 0.1) is 6.10 Å². The fraction of sp³-hybridized carbons (Fsp3) is 0.500. The molecule has 2 N–H and O–H groups in total. The van der Waals surface area contributed by atoms with Crippen LogP contribution in [-0.2, 0) is 4.74 Å². The monoisotopic (exact) mass is 259 g/mol. The predicted octanol–water partition coefficient (Wildman–Crippen LogP) is 3.21. The van der Waals surface area contributed by atoms with Crippen LogP contribution in [0.5, 0.6) is 0 Å². The maximum Gasteiger partial charge on any atom is 0.0657 e. The Bertz CT molecular complexity index is 364. The van der Waals surface area contributed by atoms with E-state index < -0.39 is 0 Å². The minimum Gasteiger partial charge on any atom is -0.378 e. The smallest absolute Gasteiger partial charge is 0.0657 e. The number of rotatable bonds is 3. The largest absolute Gasteiger partial charge is 0.378 e. The summed E-state index contributed by atoms with van der Waals surface area (Å²) < 4.78 is 5.67. The average molecular weight is 260 g/mol. The Balaban J connectivity index is 2.25. The summed E-state index contributed by atoms with van der Waals surface area (Å²) in [5.74, 6) is 0.173. The van der Waals surface area contributed by atoms with Crippen LogP contribution in [0.1, 0.15) is 24.3 Å². The van der Waals surface area contributed by atoms with Gasteiger partial charge in [0.15, 0.2) is 0 Å². The molecule has 2 unspecified atom stereocenters. The molecule has 0 saturated carbocycles. The third-order valence-electron chi connectivity index (χ3n) is 3.03. The van der Waals surface area contributed by atoms with Gasteiger partial charge in [-0.25, -0.2) is 0 Å². The van der Waals surface area contributed by atoms with Crippen LogP contribution in [0.25, 0.3) is 0 Å². The van der Waals surface area contributed by atoms with Gasteiger partial charge in [-0.2, -0.15) is 0 Å². The molecule has 88 valence electrons. The summed E-state index contributed by atoms with van der Waals surface area (Å²) in [6.45, 7) is 1.37. The first-order valence-corrected chi connectivity index (χ1v) is 6.24. The van der Waals surface area contributed by atoms with Gasteiger partial charge in [-0.3, -0.25) is 0 Å². The molecular formula is C12H15Cl2NO. The maximum atomic E-state index is 6.19. The van der Waals surface area contributed by atoms with E-state index in [9.17, 15) is 0 Å². The molecule has 2 atom stereocenters. The van der Waals surface area contributed by atoms with Gasteiger partial charge in [-0.15, -0.1) is 0 Å². The first-order valence-electron chi connectivity index (χ1n) is 5.49. The van der Waals surface area contributed by atoms with E-state index in [2.05, 4.69) is 0 Å². The summed E-state index contributed by atoms with van der Waals surface area (Å²) >= 11 is 12.1. The normalized spacial score (nSPS) is 22.3. The van der Waals surface area contributed by atoms with Crippen molar-refractivity contribution in [3.05, 3.63) is 33.8 Å². The standard InChI is InChI=1S/C12H15Cl2NO/c13-8-3-4-9(11(14)6-8)10(7-15)12-2-1-5-16-12/h3-4,6,10,12H,1-2,5,7,15H2. The highest BCUT2D eigenvalue weighted by atomic mass is 35.5. The topological polar surface area (TPSA) is 35.2 Å². The minimum absolute atomic E-state index is 0.173. The van der Waals surface area contributed by atoms with Crippen LogP contribution in [0, 0.1) is 0 Å². The highest BCUT2D eigenvalue weighted by Gasteiger charge is 2.27. The molecule has 1 aromatic carbocycles. The molecule has 0 aliphatic carbocycles. The Kier molecular flexibility index (Phi) is 4.09. The summed E-state index contributed by atoms with van der Waals surface area (Å²) in [5.41, 5.74) is 6.86. The molecule has 0 amide bonds. The lowest BCUT2D eigenvalue weighted by atomic mass is 9.92. The maximum absolute atomic E-state index is 6.19. The van der Waals surface area contributed by atoms with Crippen molar-refractivity contribution in [1.29, 1.82) is 0 Å². The van der Waals surface area contributed by atoms with Crippen LogP contribution >= 0.6 is 23.2 Å². The Morgan fingerprint density at radius 2 is 2.25 bits per heavy atom. The van der Waals surface area contributed by atoms with Crippen molar-refractivity contribution in [2.24, 2.45) is 5.73 Å². The summed E-state index contributed by atoms with van der Waals surface area (Å²) in [5, 5.41) is 1.33. The van der Waals surface area contributed by atoms with E-state index in [1.165, 1.54) is 0 Å². The third kappa shape index (κ3) is 2.51. The second kappa shape index (κ2) is 5.37. The fourth-order valence-electron chi connectivity index (χ4n) is 2.20. The van der Waals surface area contributed by atoms with E-state index in [0.717, 1.165) is 25.0 Å². The van der Waals surface area contributed by atoms with E-state index in [-0.39, 0.29) is 12.0 Å². The van der Waals surface area contributed by atoms with Crippen molar-refractivity contribution in [3.8, 4) is 0 Å². The first-order chi connectivity index (χ1) is 7.72. The Morgan fingerprint density at radius 3 is 2.81 bits per heavy atom. The van der Waals surface area contributed by atoms with Gasteiger partial charge in [0.2, 0.25) is 0 Å². The number of benzene rings is 1. The Morgan fingerprint density at radius 1 is 1.44 bits per heavy atom. The first kappa shape index (κ1) is 12.2. The second-order valence-electron chi connectivity index (χ2n) is 4.06. The van der Waals surface area contributed by atoms with E-state index in [1.54, 1.807) is 6.07 Å². The molecule has 2 rings (SSSR count). The van der Waals surface area contributed by atoms with Gasteiger partial charge >= 0.3 is 0 Å². The highest BCUT2D eigenvalue weighted by molar-refractivity contribution is 6.35. The number of halogens is 2. The predicted molar refractivity (Wildman–Crippen MR) is 67.2 cm³/mol. The molecule has 16 heavy (non-hydrogen) atoms. The van der Waals surface area contributed by atoms with Crippen molar-refractivity contribution in [3.63, 3.8) is 0 Å². The van der Waals surface area contributed by atoms with Crippen LogP contribution in [0.15, 0.2) is 18.2 Å². The van der Waals surface area contributed by atoms with Crippen LogP contribution < -0.4 is 5.73 Å². The van der Waals surface area contributed by atoms with Gasteiger partial charge < -0.3 is 10.5 Å². The molecular weight excluding hydrogens is 245 g/mol. The lowest BCUT2D eigenvalue weighted by molar-refractivity contribution is 0.0905. The fourth-order valence-corrected chi connectivity index (χ4v) is 2.75. The van der Waals surface area contributed by atoms with E-state index in [1.807, 2.05) is 12.1 Å². The summed E-state index contributed by atoms with van der Waals surface area (Å²) in [7, 11) is 0. The van der Waals surface area contributed by atoms with Crippen LogP contribution in [0.2, 0.25) is 10.0 Å². The molecule has 1 saturated heterocycles. The summed E-state index contributed by atoms with van der Waals surface area (Å²) in [4.78, 5) is 0. The highest BCUT2D eigenvalue weighted by Crippen LogP contribution is 2.33. The van der Waals surface area contributed by atoms with Crippen molar-refractivity contribution >= 4 is 23.2 Å². The van der Waals surface area contributed by atoms with Gasteiger partial charge in [-0.05, 0) is 30.5 Å². The van der Waals surface area contributed by atoms with Gasteiger partial charge in [0.25, 0.3) is 0 Å². The zero-order chi connectivity index (χ0) is 11.5. The molecule has 1 aromatic rings. The Labute approximate surface area is 106 Å². The van der Waals surface area contributed by atoms with Crippen LogP contribution in [-0.4, -0.2) is 19.3 Å². The lowest BCUT2D eigenvalue weighted by Crippen LogP contribution is -2.25. The Hall–Kier alpha value is -0.280. The molecule has 0 spiro atoms. The zero-order valence-electron chi connectivity index (χ0n) is 8.96. The molecule has 1 fully saturated rings. The molecule has 0 bridgehead atoms. The van der Waals surface area contributed by atoms with Crippen molar-refractivity contribution in [1.82, 2.24) is 0 Å². The number of hydrogen-bond acceptors (Lipinski definition) is 2.